The van der Waals surface area contributed by atoms with Crippen LogP contribution in [0.15, 0.2) is 24.3 Å². The van der Waals surface area contributed by atoms with Gasteiger partial charge >= 0.3 is 0 Å². The summed E-state index contributed by atoms with van der Waals surface area (Å²) in [6, 6.07) is -1.19. The lowest BCUT2D eigenvalue weighted by molar-refractivity contribution is -0.303. The van der Waals surface area contributed by atoms with Gasteiger partial charge in [-0.3, -0.25) is 4.79 Å². The van der Waals surface area contributed by atoms with Gasteiger partial charge in [-0.25, -0.2) is 0 Å². The minimum atomic E-state index is -1.67. The highest BCUT2D eigenvalue weighted by Gasteiger charge is 2.44. The largest absolute Gasteiger partial charge is 0.394 e. The molecule has 1 heterocycles. The molecule has 1 fully saturated rings. The summed E-state index contributed by atoms with van der Waals surface area (Å²) in [6.07, 6.45) is 30.9. The first-order chi connectivity index (χ1) is 28.7. The van der Waals surface area contributed by atoms with Crippen molar-refractivity contribution in [1.29, 1.82) is 0 Å². The van der Waals surface area contributed by atoms with Crippen molar-refractivity contribution in [1.82, 2.24) is 5.32 Å². The van der Waals surface area contributed by atoms with Gasteiger partial charge in [0.1, 0.15) is 36.6 Å². The van der Waals surface area contributed by atoms with E-state index < -0.39 is 74.2 Å². The summed E-state index contributed by atoms with van der Waals surface area (Å²) in [4.78, 5) is 13.1. The zero-order valence-corrected chi connectivity index (χ0v) is 37.5. The van der Waals surface area contributed by atoms with Crippen molar-refractivity contribution in [3.05, 3.63) is 24.3 Å². The molecule has 1 aliphatic heterocycles. The van der Waals surface area contributed by atoms with Crippen molar-refractivity contribution in [2.24, 2.45) is 0 Å². The first kappa shape index (κ1) is 55.6. The van der Waals surface area contributed by atoms with Crippen LogP contribution in [0, 0.1) is 0 Å². The number of carbonyl (C=O) groups is 1. The van der Waals surface area contributed by atoms with Crippen LogP contribution in [0.5, 0.6) is 0 Å². The fraction of sp³-hybridized carbons (Fsp3) is 0.896. The molecule has 1 aliphatic rings. The van der Waals surface area contributed by atoms with E-state index in [9.17, 15) is 40.5 Å². The Morgan fingerprint density at radius 3 is 1.51 bits per heavy atom. The molecule has 9 unspecified atom stereocenters. The number of hydrogen-bond donors (Lipinski definition) is 8. The zero-order chi connectivity index (χ0) is 43.4. The van der Waals surface area contributed by atoms with Gasteiger partial charge in [0.2, 0.25) is 5.91 Å². The van der Waals surface area contributed by atoms with Crippen LogP contribution in [0.25, 0.3) is 0 Å². The molecule has 9 atom stereocenters. The molecule has 0 saturated carbocycles. The van der Waals surface area contributed by atoms with Crippen LogP contribution in [0.4, 0.5) is 0 Å². The fourth-order valence-electron chi connectivity index (χ4n) is 7.69. The molecule has 0 spiro atoms. The van der Waals surface area contributed by atoms with Crippen LogP contribution in [0.3, 0.4) is 0 Å². The Labute approximate surface area is 359 Å². The van der Waals surface area contributed by atoms with E-state index in [1.165, 1.54) is 122 Å². The molecular weight excluding hydrogens is 751 g/mol. The topological polar surface area (TPSA) is 189 Å². The van der Waals surface area contributed by atoms with E-state index in [1.807, 2.05) is 0 Å². The number of amides is 1. The van der Waals surface area contributed by atoms with Crippen molar-refractivity contribution in [2.45, 2.75) is 262 Å². The van der Waals surface area contributed by atoms with Crippen LogP contribution in [-0.2, 0) is 14.3 Å². The summed E-state index contributed by atoms with van der Waals surface area (Å²) < 4.78 is 11.1. The van der Waals surface area contributed by atoms with E-state index in [0.29, 0.717) is 19.3 Å². The Morgan fingerprint density at radius 1 is 0.576 bits per heavy atom. The molecule has 0 aliphatic carbocycles. The average Bonchev–Trinajstić information content (AvgIpc) is 3.23. The van der Waals surface area contributed by atoms with Crippen molar-refractivity contribution in [3.8, 4) is 0 Å². The van der Waals surface area contributed by atoms with Crippen molar-refractivity contribution in [3.63, 3.8) is 0 Å². The van der Waals surface area contributed by atoms with E-state index in [0.717, 1.165) is 38.5 Å². The van der Waals surface area contributed by atoms with Gasteiger partial charge in [0.15, 0.2) is 6.29 Å². The number of ether oxygens (including phenoxy) is 2. The van der Waals surface area contributed by atoms with Gasteiger partial charge < -0.3 is 50.5 Å². The fourth-order valence-corrected chi connectivity index (χ4v) is 7.69. The summed E-state index contributed by atoms with van der Waals surface area (Å²) in [5, 5.41) is 75.6. The quantitative estimate of drug-likeness (QED) is 0.0221. The number of aliphatic hydroxyl groups is 7. The lowest BCUT2D eigenvalue weighted by Gasteiger charge is -2.40. The molecule has 1 amide bonds. The molecule has 0 bridgehead atoms. The van der Waals surface area contributed by atoms with Crippen molar-refractivity contribution in [2.75, 3.05) is 13.2 Å². The minimum Gasteiger partial charge on any atom is -0.394 e. The Balaban J connectivity index is 2.43. The van der Waals surface area contributed by atoms with Crippen LogP contribution in [0.2, 0.25) is 0 Å². The number of rotatable bonds is 40. The van der Waals surface area contributed by atoms with Crippen LogP contribution < -0.4 is 5.32 Å². The van der Waals surface area contributed by atoms with E-state index in [2.05, 4.69) is 43.5 Å². The Bertz CT molecular complexity index is 1010. The smallest absolute Gasteiger partial charge is 0.249 e. The van der Waals surface area contributed by atoms with E-state index in [4.69, 9.17) is 9.47 Å². The Kier molecular flexibility index (Phi) is 36.1. The number of unbranched alkanes of at least 4 members (excludes halogenated alkanes) is 24. The third-order valence-corrected chi connectivity index (χ3v) is 11.7. The highest BCUT2D eigenvalue weighted by molar-refractivity contribution is 5.80. The Morgan fingerprint density at radius 2 is 1.02 bits per heavy atom. The molecule has 348 valence electrons. The highest BCUT2D eigenvalue weighted by atomic mass is 16.7. The standard InChI is InChI=1S/C48H91NO10/c1-3-5-7-9-11-13-15-17-18-19-20-21-22-24-26-28-30-32-34-36-41(52)47(57)49-39(38-58-48-46(56)45(55)44(54)42(37-50)59-48)43(53)40(51)35-33-31-29-27-25-23-16-14-12-10-8-6-4-2/h14,16,27,29,39-46,48,50-56H,3-13,15,17-26,28,30-38H2,1-2H3,(H,49,57)/b16-14+,29-27+. The maximum Gasteiger partial charge on any atom is 0.249 e. The molecule has 11 nitrogen and oxygen atoms in total. The molecule has 0 radical (unpaired) electrons. The summed E-state index contributed by atoms with van der Waals surface area (Å²) in [6.45, 7) is 3.40. The zero-order valence-electron chi connectivity index (χ0n) is 37.5. The first-order valence-electron chi connectivity index (χ1n) is 24.2. The Hall–Kier alpha value is -1.41. The normalized spacial score (nSPS) is 21.9. The minimum absolute atomic E-state index is 0.248. The van der Waals surface area contributed by atoms with Gasteiger partial charge in [-0.05, 0) is 51.4 Å². The second-order valence-corrected chi connectivity index (χ2v) is 17.2. The predicted molar refractivity (Wildman–Crippen MR) is 238 cm³/mol. The molecule has 1 rings (SSSR count). The molecule has 0 aromatic carbocycles. The van der Waals surface area contributed by atoms with E-state index in [1.54, 1.807) is 0 Å². The maximum absolute atomic E-state index is 13.1. The number of allylic oxidation sites excluding steroid dienone is 4. The second-order valence-electron chi connectivity index (χ2n) is 17.2. The van der Waals surface area contributed by atoms with Gasteiger partial charge in [-0.15, -0.1) is 0 Å². The van der Waals surface area contributed by atoms with Gasteiger partial charge in [0.25, 0.3) is 0 Å². The van der Waals surface area contributed by atoms with Gasteiger partial charge in [-0.2, -0.15) is 0 Å². The number of aliphatic hydroxyl groups excluding tert-OH is 7. The van der Waals surface area contributed by atoms with Gasteiger partial charge in [0, 0.05) is 0 Å². The van der Waals surface area contributed by atoms with Crippen molar-refractivity contribution < 1.29 is 50.0 Å². The number of nitrogens with one attached hydrogen (secondary N) is 1. The highest BCUT2D eigenvalue weighted by Crippen LogP contribution is 2.23. The van der Waals surface area contributed by atoms with E-state index >= 15 is 0 Å². The molecule has 59 heavy (non-hydrogen) atoms. The third kappa shape index (κ3) is 28.0. The molecule has 0 aromatic heterocycles. The van der Waals surface area contributed by atoms with Gasteiger partial charge in [-0.1, -0.05) is 179 Å². The lowest BCUT2D eigenvalue weighted by Crippen LogP contribution is -2.60. The first-order valence-corrected chi connectivity index (χ1v) is 24.2. The lowest BCUT2D eigenvalue weighted by atomic mass is 9.98. The number of carbonyl (C=O) groups excluding carboxylic acids is 1. The van der Waals surface area contributed by atoms with Crippen LogP contribution >= 0.6 is 0 Å². The monoisotopic (exact) mass is 842 g/mol. The maximum atomic E-state index is 13.1. The number of hydrogen-bond acceptors (Lipinski definition) is 10. The SMILES string of the molecule is CCCCCC/C=C/CC/C=C/CCCC(O)C(O)C(COC1OC(CO)C(O)C(O)C1O)NC(=O)C(O)CCCCCCCCCCCCCCCCCCCCC. The van der Waals surface area contributed by atoms with Crippen LogP contribution in [0.1, 0.15) is 206 Å². The predicted octanol–water partition coefficient (Wildman–Crippen LogP) is 8.23. The second kappa shape index (κ2) is 38.3. The summed E-state index contributed by atoms with van der Waals surface area (Å²) in [5.74, 6) is -0.709. The summed E-state index contributed by atoms with van der Waals surface area (Å²) in [7, 11) is 0. The average molecular weight is 842 g/mol. The molecule has 0 aromatic rings. The van der Waals surface area contributed by atoms with Crippen molar-refractivity contribution >= 4 is 5.91 Å². The molecule has 8 N–H and O–H groups in total. The molecule has 11 heteroatoms. The molecule has 1 saturated heterocycles. The van der Waals surface area contributed by atoms with Gasteiger partial charge in [0.05, 0.1) is 25.4 Å². The van der Waals surface area contributed by atoms with E-state index in [-0.39, 0.29) is 12.8 Å². The molecular formula is C48H91NO10. The summed E-state index contributed by atoms with van der Waals surface area (Å²) >= 11 is 0. The van der Waals surface area contributed by atoms with Crippen LogP contribution in [-0.4, -0.2) is 110 Å². The third-order valence-electron chi connectivity index (χ3n) is 11.7. The summed E-state index contributed by atoms with van der Waals surface area (Å²) in [5.41, 5.74) is 0.